The van der Waals surface area contributed by atoms with Crippen molar-refractivity contribution in [2.75, 3.05) is 5.32 Å². The first-order valence-corrected chi connectivity index (χ1v) is 10.1. The van der Waals surface area contributed by atoms with Crippen LogP contribution in [0, 0.1) is 5.92 Å². The Morgan fingerprint density at radius 2 is 2.00 bits per heavy atom. The highest BCUT2D eigenvalue weighted by atomic mass is 16.6. The fourth-order valence-electron chi connectivity index (χ4n) is 3.43. The molecule has 2 aromatic heterocycles. The van der Waals surface area contributed by atoms with Crippen LogP contribution in [0.15, 0.2) is 24.3 Å². The number of carbonyl (C=O) groups is 2. The third-order valence-corrected chi connectivity index (χ3v) is 5.00. The Labute approximate surface area is 169 Å². The van der Waals surface area contributed by atoms with E-state index in [2.05, 4.69) is 26.8 Å². The van der Waals surface area contributed by atoms with E-state index in [0.717, 1.165) is 43.4 Å². The molecule has 4 rings (SSSR count). The van der Waals surface area contributed by atoms with E-state index in [1.165, 1.54) is 0 Å². The largest absolute Gasteiger partial charge is 0.444 e. The zero-order valence-electron chi connectivity index (χ0n) is 17.1. The highest BCUT2D eigenvalue weighted by Gasteiger charge is 2.30. The van der Waals surface area contributed by atoms with Gasteiger partial charge in [-0.05, 0) is 70.6 Å². The second-order valence-electron chi connectivity index (χ2n) is 8.73. The number of alkyl carbamates (subject to hydrolysis) is 1. The van der Waals surface area contributed by atoms with Gasteiger partial charge in [0.15, 0.2) is 5.65 Å². The number of nitrogens with zero attached hydrogens (tertiary/aromatic N) is 3. The Kier molecular flexibility index (Phi) is 5.02. The number of anilines is 1. The molecule has 2 aliphatic carbocycles. The van der Waals surface area contributed by atoms with Crippen molar-refractivity contribution < 1.29 is 14.3 Å². The maximum Gasteiger partial charge on any atom is 0.407 e. The Morgan fingerprint density at radius 1 is 1.21 bits per heavy atom. The molecule has 2 N–H and O–H groups in total. The van der Waals surface area contributed by atoms with Crippen LogP contribution in [0.1, 0.15) is 58.6 Å². The molecule has 1 unspecified atom stereocenters. The molecule has 1 saturated carbocycles. The smallest absolute Gasteiger partial charge is 0.407 e. The van der Waals surface area contributed by atoms with E-state index < -0.39 is 5.60 Å². The number of amides is 2. The molecule has 2 amide bonds. The van der Waals surface area contributed by atoms with Crippen LogP contribution in [-0.4, -0.2) is 38.2 Å². The summed E-state index contributed by atoms with van der Waals surface area (Å²) < 4.78 is 7.11. The van der Waals surface area contributed by atoms with Gasteiger partial charge in [-0.2, -0.15) is 4.98 Å². The van der Waals surface area contributed by atoms with Gasteiger partial charge in [0.05, 0.1) is 5.69 Å². The number of pyridine rings is 1. The Bertz CT molecular complexity index is 968. The lowest BCUT2D eigenvalue weighted by molar-refractivity contribution is -0.117. The summed E-state index contributed by atoms with van der Waals surface area (Å²) in [7, 11) is 0. The zero-order chi connectivity index (χ0) is 20.6. The van der Waals surface area contributed by atoms with Crippen LogP contribution in [0.3, 0.4) is 0 Å². The third kappa shape index (κ3) is 4.75. The van der Waals surface area contributed by atoms with Crippen molar-refractivity contribution in [2.45, 2.75) is 64.5 Å². The van der Waals surface area contributed by atoms with Crippen molar-refractivity contribution in [1.29, 1.82) is 0 Å². The van der Waals surface area contributed by atoms with Gasteiger partial charge in [-0.1, -0.05) is 12.1 Å². The number of allylic oxidation sites excluding steroid dienone is 1. The standard InChI is InChI=1S/C21H27N5O3/c1-21(2,3)29-20(28)22-15-11-9-13(10-12-15)16-5-4-6-17-23-19(25-26(16)17)24-18(27)14-7-8-14/h4-6,9,14-15H,7-8,10-12H2,1-3H3,(H,22,28)(H,24,25,27). The minimum absolute atomic E-state index is 0.00426. The molecule has 29 heavy (non-hydrogen) atoms. The summed E-state index contributed by atoms with van der Waals surface area (Å²) in [4.78, 5) is 28.4. The van der Waals surface area contributed by atoms with Crippen LogP contribution in [0.5, 0.6) is 0 Å². The average Bonchev–Trinajstić information content (AvgIpc) is 3.41. The lowest BCUT2D eigenvalue weighted by Gasteiger charge is -2.26. The molecule has 0 aromatic carbocycles. The third-order valence-electron chi connectivity index (χ3n) is 5.00. The Morgan fingerprint density at radius 3 is 2.66 bits per heavy atom. The van der Waals surface area contributed by atoms with Crippen molar-refractivity contribution in [1.82, 2.24) is 19.9 Å². The molecular formula is C21H27N5O3. The molecule has 2 aromatic rings. The second kappa shape index (κ2) is 7.50. The van der Waals surface area contributed by atoms with Crippen molar-refractivity contribution in [3.05, 3.63) is 30.0 Å². The first-order chi connectivity index (χ1) is 13.8. The SMILES string of the molecule is CC(C)(C)OC(=O)NC1CC=C(c2cccc3nc(NC(=O)C4CC4)nn23)CC1. The molecule has 0 saturated heterocycles. The van der Waals surface area contributed by atoms with Crippen LogP contribution < -0.4 is 10.6 Å². The Hall–Kier alpha value is -2.90. The van der Waals surface area contributed by atoms with Crippen LogP contribution in [-0.2, 0) is 9.53 Å². The molecular weight excluding hydrogens is 370 g/mol. The Balaban J connectivity index is 1.45. The van der Waals surface area contributed by atoms with E-state index in [0.29, 0.717) is 11.6 Å². The first-order valence-electron chi connectivity index (χ1n) is 10.1. The molecule has 0 spiro atoms. The minimum Gasteiger partial charge on any atom is -0.444 e. The van der Waals surface area contributed by atoms with Crippen molar-refractivity contribution in [2.24, 2.45) is 5.92 Å². The number of hydrogen-bond donors (Lipinski definition) is 2. The number of carbonyl (C=O) groups excluding carboxylic acids is 2. The molecule has 1 fully saturated rings. The zero-order valence-corrected chi connectivity index (χ0v) is 17.1. The summed E-state index contributed by atoms with van der Waals surface area (Å²) in [6, 6.07) is 5.87. The number of ether oxygens (including phenoxy) is 1. The maximum absolute atomic E-state index is 12.0. The topological polar surface area (TPSA) is 97.6 Å². The number of aromatic nitrogens is 3. The van der Waals surface area contributed by atoms with Gasteiger partial charge in [0.25, 0.3) is 0 Å². The van der Waals surface area contributed by atoms with Crippen LogP contribution in [0.4, 0.5) is 10.7 Å². The van der Waals surface area contributed by atoms with Gasteiger partial charge >= 0.3 is 6.09 Å². The predicted octanol–water partition coefficient (Wildman–Crippen LogP) is 3.54. The summed E-state index contributed by atoms with van der Waals surface area (Å²) in [5.74, 6) is 0.446. The van der Waals surface area contributed by atoms with E-state index >= 15 is 0 Å². The molecule has 154 valence electrons. The normalized spacial score (nSPS) is 19.6. The van der Waals surface area contributed by atoms with Gasteiger partial charge in [0, 0.05) is 12.0 Å². The van der Waals surface area contributed by atoms with Crippen LogP contribution in [0.25, 0.3) is 11.2 Å². The van der Waals surface area contributed by atoms with Crippen molar-refractivity contribution in [3.63, 3.8) is 0 Å². The van der Waals surface area contributed by atoms with E-state index in [1.807, 2.05) is 39.0 Å². The van der Waals surface area contributed by atoms with E-state index in [4.69, 9.17) is 4.74 Å². The maximum atomic E-state index is 12.0. The molecule has 2 aliphatic rings. The average molecular weight is 397 g/mol. The number of hydrogen-bond acceptors (Lipinski definition) is 5. The molecule has 0 radical (unpaired) electrons. The molecule has 0 bridgehead atoms. The number of rotatable bonds is 4. The van der Waals surface area contributed by atoms with Gasteiger partial charge in [-0.25, -0.2) is 9.31 Å². The van der Waals surface area contributed by atoms with Gasteiger partial charge in [-0.3, -0.25) is 10.1 Å². The van der Waals surface area contributed by atoms with Gasteiger partial charge in [0.2, 0.25) is 11.9 Å². The quantitative estimate of drug-likeness (QED) is 0.822. The molecule has 0 aliphatic heterocycles. The number of fused-ring (bicyclic) bond motifs is 1. The first kappa shape index (κ1) is 19.4. The summed E-state index contributed by atoms with van der Waals surface area (Å²) in [5.41, 5.74) is 2.30. The summed E-state index contributed by atoms with van der Waals surface area (Å²) in [5, 5.41) is 10.2. The van der Waals surface area contributed by atoms with Crippen LogP contribution >= 0.6 is 0 Å². The summed E-state index contributed by atoms with van der Waals surface area (Å²) >= 11 is 0. The van der Waals surface area contributed by atoms with Crippen molar-refractivity contribution >= 4 is 29.2 Å². The molecule has 8 nitrogen and oxygen atoms in total. The molecule has 8 heteroatoms. The van der Waals surface area contributed by atoms with Crippen molar-refractivity contribution in [3.8, 4) is 0 Å². The molecule has 1 atom stereocenters. The van der Waals surface area contributed by atoms with Gasteiger partial charge in [-0.15, -0.1) is 5.10 Å². The fraction of sp³-hybridized carbons (Fsp3) is 0.524. The monoisotopic (exact) mass is 397 g/mol. The summed E-state index contributed by atoms with van der Waals surface area (Å²) in [6.45, 7) is 5.56. The highest BCUT2D eigenvalue weighted by molar-refractivity contribution is 5.92. The van der Waals surface area contributed by atoms with Gasteiger partial charge < -0.3 is 10.1 Å². The highest BCUT2D eigenvalue weighted by Crippen LogP contribution is 2.30. The fourth-order valence-corrected chi connectivity index (χ4v) is 3.43. The predicted molar refractivity (Wildman–Crippen MR) is 109 cm³/mol. The van der Waals surface area contributed by atoms with Gasteiger partial charge in [0.1, 0.15) is 5.60 Å². The minimum atomic E-state index is -0.505. The molecule has 2 heterocycles. The number of nitrogens with one attached hydrogen (secondary N) is 2. The summed E-state index contributed by atoms with van der Waals surface area (Å²) in [6.07, 6.45) is 5.99. The van der Waals surface area contributed by atoms with E-state index in [-0.39, 0.29) is 24.0 Å². The second-order valence-corrected chi connectivity index (χ2v) is 8.73. The van der Waals surface area contributed by atoms with E-state index in [9.17, 15) is 9.59 Å². The lowest BCUT2D eigenvalue weighted by atomic mass is 9.93. The van der Waals surface area contributed by atoms with Crippen LogP contribution in [0.2, 0.25) is 0 Å². The lowest BCUT2D eigenvalue weighted by Crippen LogP contribution is -2.39. The van der Waals surface area contributed by atoms with E-state index in [1.54, 1.807) is 4.52 Å².